The zero-order valence-corrected chi connectivity index (χ0v) is 16.2. The molecule has 2 fully saturated rings. The van der Waals surface area contributed by atoms with Crippen LogP contribution in [0.2, 0.25) is 0 Å². The van der Waals surface area contributed by atoms with Crippen LogP contribution in [0.4, 0.5) is 5.82 Å². The van der Waals surface area contributed by atoms with E-state index in [4.69, 9.17) is 15.1 Å². The van der Waals surface area contributed by atoms with E-state index < -0.39 is 0 Å². The average Bonchev–Trinajstić information content (AvgIpc) is 3.15. The number of aryl methyl sites for hydroxylation is 1. The van der Waals surface area contributed by atoms with E-state index in [1.54, 1.807) is 6.26 Å². The second-order valence-corrected chi connectivity index (χ2v) is 8.16. The lowest BCUT2D eigenvalue weighted by atomic mass is 9.80. The third kappa shape index (κ3) is 4.10. The van der Waals surface area contributed by atoms with Crippen molar-refractivity contribution in [3.63, 3.8) is 0 Å². The van der Waals surface area contributed by atoms with Crippen LogP contribution in [-0.2, 0) is 4.79 Å². The van der Waals surface area contributed by atoms with E-state index in [1.165, 1.54) is 6.42 Å². The molecular weight excluding hydrogens is 340 g/mol. The van der Waals surface area contributed by atoms with E-state index in [9.17, 15) is 4.79 Å². The van der Waals surface area contributed by atoms with Crippen LogP contribution < -0.4 is 10.6 Å². The van der Waals surface area contributed by atoms with Crippen molar-refractivity contribution >= 4 is 22.7 Å². The van der Waals surface area contributed by atoms with Crippen molar-refractivity contribution < 1.29 is 9.21 Å². The van der Waals surface area contributed by atoms with Gasteiger partial charge in [0.25, 0.3) is 0 Å². The zero-order chi connectivity index (χ0) is 18.8. The summed E-state index contributed by atoms with van der Waals surface area (Å²) in [5.41, 5.74) is 7.36. The van der Waals surface area contributed by atoms with E-state index in [-0.39, 0.29) is 11.8 Å². The largest absolute Gasteiger partial charge is 0.464 e. The Bertz CT molecular complexity index is 787. The number of carbonyl (C=O) groups excluding carboxylic acids is 1. The molecule has 0 atom stereocenters. The molecule has 2 aliphatic rings. The van der Waals surface area contributed by atoms with Crippen LogP contribution in [0.3, 0.4) is 0 Å². The predicted molar refractivity (Wildman–Crippen MR) is 107 cm³/mol. The minimum atomic E-state index is -0.110. The fourth-order valence-corrected chi connectivity index (χ4v) is 4.59. The molecule has 1 aliphatic carbocycles. The number of hydrogen-bond acceptors (Lipinski definition) is 5. The monoisotopic (exact) mass is 370 g/mol. The van der Waals surface area contributed by atoms with Gasteiger partial charge in [0.15, 0.2) is 0 Å². The number of primary amides is 1. The summed E-state index contributed by atoms with van der Waals surface area (Å²) in [6, 6.07) is 4.02. The molecule has 0 spiro atoms. The molecule has 2 aromatic heterocycles. The van der Waals surface area contributed by atoms with Gasteiger partial charge in [-0.15, -0.1) is 0 Å². The SMILES string of the molecule is Cc1cc2occc2c(N2CCN(CCC3CCC(C(N)=O)CC3)CC2)n1. The van der Waals surface area contributed by atoms with Gasteiger partial charge in [-0.2, -0.15) is 0 Å². The van der Waals surface area contributed by atoms with Crippen molar-refractivity contribution in [3.8, 4) is 0 Å². The van der Waals surface area contributed by atoms with Crippen LogP contribution in [0.25, 0.3) is 11.0 Å². The topological polar surface area (TPSA) is 75.6 Å². The molecule has 2 N–H and O–H groups in total. The third-order valence-corrected chi connectivity index (χ3v) is 6.33. The number of piperazine rings is 1. The number of nitrogens with two attached hydrogens (primary N) is 1. The molecule has 1 amide bonds. The number of anilines is 1. The Hall–Kier alpha value is -2.08. The highest BCUT2D eigenvalue weighted by atomic mass is 16.3. The van der Waals surface area contributed by atoms with Gasteiger partial charge in [0.2, 0.25) is 5.91 Å². The molecule has 0 radical (unpaired) electrons. The second kappa shape index (κ2) is 7.89. The molecule has 3 heterocycles. The number of carbonyl (C=O) groups is 1. The molecule has 1 saturated carbocycles. The van der Waals surface area contributed by atoms with Gasteiger partial charge in [-0.1, -0.05) is 0 Å². The Morgan fingerprint density at radius 1 is 1.22 bits per heavy atom. The first kappa shape index (κ1) is 18.3. The number of rotatable bonds is 5. The standard InChI is InChI=1S/C21H30N4O2/c1-15-14-19-18(7-13-27-19)21(23-15)25-11-9-24(10-12-25)8-6-16-2-4-17(5-3-16)20(22)26/h7,13-14,16-17H,2-6,8-12H2,1H3,(H2,22,26). The van der Waals surface area contributed by atoms with Gasteiger partial charge in [-0.25, -0.2) is 4.98 Å². The predicted octanol–water partition coefficient (Wildman–Crippen LogP) is 2.94. The summed E-state index contributed by atoms with van der Waals surface area (Å²) in [6.45, 7) is 7.34. The van der Waals surface area contributed by atoms with Crippen LogP contribution in [0.1, 0.15) is 37.8 Å². The van der Waals surface area contributed by atoms with E-state index in [0.29, 0.717) is 0 Å². The fraction of sp³-hybridized carbons (Fsp3) is 0.619. The van der Waals surface area contributed by atoms with Gasteiger partial charge in [0.05, 0.1) is 11.6 Å². The minimum absolute atomic E-state index is 0.110. The van der Waals surface area contributed by atoms with Crippen molar-refractivity contribution in [1.82, 2.24) is 9.88 Å². The first-order valence-electron chi connectivity index (χ1n) is 10.2. The number of furan rings is 1. The van der Waals surface area contributed by atoms with Gasteiger partial charge in [0, 0.05) is 43.9 Å². The van der Waals surface area contributed by atoms with Crippen LogP contribution in [0, 0.1) is 18.8 Å². The zero-order valence-electron chi connectivity index (χ0n) is 16.2. The number of hydrogen-bond donors (Lipinski definition) is 1. The van der Waals surface area contributed by atoms with Gasteiger partial charge < -0.3 is 15.1 Å². The van der Waals surface area contributed by atoms with Crippen LogP contribution in [0.15, 0.2) is 22.8 Å². The number of pyridine rings is 1. The lowest BCUT2D eigenvalue weighted by Gasteiger charge is -2.36. The first-order chi connectivity index (χ1) is 13.1. The van der Waals surface area contributed by atoms with E-state index >= 15 is 0 Å². The van der Waals surface area contributed by atoms with Crippen molar-refractivity contribution in [2.45, 2.75) is 39.0 Å². The summed E-state index contributed by atoms with van der Waals surface area (Å²) >= 11 is 0. The molecule has 6 heteroatoms. The Morgan fingerprint density at radius 2 is 1.96 bits per heavy atom. The first-order valence-corrected chi connectivity index (χ1v) is 10.2. The highest BCUT2D eigenvalue weighted by Gasteiger charge is 2.26. The molecule has 146 valence electrons. The average molecular weight is 370 g/mol. The molecular formula is C21H30N4O2. The highest BCUT2D eigenvalue weighted by Crippen LogP contribution is 2.31. The summed E-state index contributed by atoms with van der Waals surface area (Å²) < 4.78 is 5.57. The molecule has 6 nitrogen and oxygen atoms in total. The van der Waals surface area contributed by atoms with Crippen molar-refractivity contribution in [3.05, 3.63) is 24.1 Å². The Balaban J connectivity index is 1.27. The molecule has 1 aliphatic heterocycles. The normalized spacial score (nSPS) is 24.4. The van der Waals surface area contributed by atoms with Gasteiger partial charge in [-0.05, 0) is 57.6 Å². The maximum absolute atomic E-state index is 11.3. The van der Waals surface area contributed by atoms with E-state index in [1.807, 2.05) is 19.1 Å². The third-order valence-electron chi connectivity index (χ3n) is 6.33. The maximum atomic E-state index is 11.3. The highest BCUT2D eigenvalue weighted by molar-refractivity contribution is 5.89. The quantitative estimate of drug-likeness (QED) is 0.876. The Labute approximate surface area is 160 Å². The molecule has 27 heavy (non-hydrogen) atoms. The molecule has 0 aromatic carbocycles. The molecule has 0 unspecified atom stereocenters. The second-order valence-electron chi connectivity index (χ2n) is 8.16. The van der Waals surface area contributed by atoms with E-state index in [0.717, 1.165) is 86.8 Å². The lowest BCUT2D eigenvalue weighted by molar-refractivity contribution is -0.123. The summed E-state index contributed by atoms with van der Waals surface area (Å²) in [5, 5.41) is 1.11. The molecule has 2 aromatic rings. The van der Waals surface area contributed by atoms with Gasteiger partial charge in [-0.3, -0.25) is 9.69 Å². The smallest absolute Gasteiger partial charge is 0.220 e. The number of amides is 1. The summed E-state index contributed by atoms with van der Waals surface area (Å²) in [4.78, 5) is 21.0. The Morgan fingerprint density at radius 3 is 2.67 bits per heavy atom. The number of aromatic nitrogens is 1. The van der Waals surface area contributed by atoms with Crippen molar-refractivity contribution in [2.24, 2.45) is 17.6 Å². The summed E-state index contributed by atoms with van der Waals surface area (Å²) in [7, 11) is 0. The molecule has 0 bridgehead atoms. The van der Waals surface area contributed by atoms with Gasteiger partial charge >= 0.3 is 0 Å². The van der Waals surface area contributed by atoms with Crippen molar-refractivity contribution in [1.29, 1.82) is 0 Å². The van der Waals surface area contributed by atoms with Crippen LogP contribution >= 0.6 is 0 Å². The van der Waals surface area contributed by atoms with E-state index in [2.05, 4.69) is 9.80 Å². The molecule has 4 rings (SSSR count). The summed E-state index contributed by atoms with van der Waals surface area (Å²) in [6.07, 6.45) is 7.25. The minimum Gasteiger partial charge on any atom is -0.464 e. The lowest BCUT2D eigenvalue weighted by Crippen LogP contribution is -2.47. The van der Waals surface area contributed by atoms with Crippen LogP contribution in [-0.4, -0.2) is 48.5 Å². The number of nitrogens with zero attached hydrogens (tertiary/aromatic N) is 3. The van der Waals surface area contributed by atoms with Crippen molar-refractivity contribution in [2.75, 3.05) is 37.6 Å². The van der Waals surface area contributed by atoms with Gasteiger partial charge in [0.1, 0.15) is 11.4 Å². The van der Waals surface area contributed by atoms with Crippen LogP contribution in [0.5, 0.6) is 0 Å². The Kier molecular flexibility index (Phi) is 5.34. The number of fused-ring (bicyclic) bond motifs is 1. The fourth-order valence-electron chi connectivity index (χ4n) is 4.59. The maximum Gasteiger partial charge on any atom is 0.220 e. The molecule has 1 saturated heterocycles. The summed E-state index contributed by atoms with van der Waals surface area (Å²) in [5.74, 6) is 1.82.